The number of rotatable bonds is 1. The van der Waals surface area contributed by atoms with Gasteiger partial charge in [-0.15, -0.1) is 0 Å². The molecule has 0 bridgehead atoms. The summed E-state index contributed by atoms with van der Waals surface area (Å²) in [6.07, 6.45) is -0.705. The number of alkyl carbamates (subject to hydrolysis) is 1. The molecule has 1 amide bonds. The van der Waals surface area contributed by atoms with Crippen LogP contribution in [0.3, 0.4) is 0 Å². The van der Waals surface area contributed by atoms with E-state index in [1.807, 2.05) is 6.07 Å². The molecule has 0 spiro atoms. The van der Waals surface area contributed by atoms with Crippen LogP contribution >= 0.6 is 0 Å². The molecule has 16 heavy (non-hydrogen) atoms. The third-order valence-electron chi connectivity index (χ3n) is 2.47. The molecule has 0 aliphatic carbocycles. The molecule has 1 aromatic carbocycles. The standard InChI is InChI=1S/C11H13NO4/c1-12-11(14)16-10-9-7(5-6-15-10)3-2-4-8(9)13/h2-4,10,13H,5-6H2,1H3,(H,12,14). The van der Waals surface area contributed by atoms with Gasteiger partial charge in [0.25, 0.3) is 0 Å². The number of hydrogen-bond donors (Lipinski definition) is 2. The van der Waals surface area contributed by atoms with Crippen molar-refractivity contribution in [1.29, 1.82) is 0 Å². The molecular weight excluding hydrogens is 210 g/mol. The van der Waals surface area contributed by atoms with Gasteiger partial charge in [-0.3, -0.25) is 0 Å². The van der Waals surface area contributed by atoms with E-state index in [0.29, 0.717) is 18.6 Å². The smallest absolute Gasteiger partial charge is 0.409 e. The molecule has 0 saturated heterocycles. The van der Waals surface area contributed by atoms with Crippen molar-refractivity contribution in [2.75, 3.05) is 13.7 Å². The molecule has 1 aliphatic heterocycles. The summed E-state index contributed by atoms with van der Waals surface area (Å²) in [5.41, 5.74) is 1.48. The fourth-order valence-electron chi connectivity index (χ4n) is 1.70. The predicted octanol–water partition coefficient (Wildman–Crippen LogP) is 1.32. The summed E-state index contributed by atoms with van der Waals surface area (Å²) >= 11 is 0. The Bertz CT molecular complexity index is 405. The highest BCUT2D eigenvalue weighted by molar-refractivity contribution is 5.67. The van der Waals surface area contributed by atoms with Crippen LogP contribution in [0.15, 0.2) is 18.2 Å². The first kappa shape index (κ1) is 10.8. The molecule has 86 valence electrons. The van der Waals surface area contributed by atoms with Gasteiger partial charge >= 0.3 is 6.09 Å². The lowest BCUT2D eigenvalue weighted by molar-refractivity contribution is -0.115. The molecule has 0 fully saturated rings. The van der Waals surface area contributed by atoms with Crippen LogP contribution in [0, 0.1) is 0 Å². The van der Waals surface area contributed by atoms with E-state index in [9.17, 15) is 9.90 Å². The molecule has 1 aliphatic rings. The number of ether oxygens (including phenoxy) is 2. The van der Waals surface area contributed by atoms with Crippen LogP contribution in [-0.4, -0.2) is 24.9 Å². The molecule has 1 atom stereocenters. The molecule has 0 aromatic heterocycles. The second-order valence-corrected chi connectivity index (χ2v) is 3.46. The minimum Gasteiger partial charge on any atom is -0.507 e. The average Bonchev–Trinajstić information content (AvgIpc) is 2.29. The Kier molecular flexibility index (Phi) is 2.96. The van der Waals surface area contributed by atoms with Gasteiger partial charge in [0, 0.05) is 7.05 Å². The zero-order chi connectivity index (χ0) is 11.5. The van der Waals surface area contributed by atoms with Gasteiger partial charge in [0.1, 0.15) is 5.75 Å². The minimum absolute atomic E-state index is 0.0890. The Hall–Kier alpha value is -1.75. The molecule has 5 heteroatoms. The van der Waals surface area contributed by atoms with Gasteiger partial charge in [0.2, 0.25) is 6.29 Å². The van der Waals surface area contributed by atoms with Crippen LogP contribution in [0.4, 0.5) is 4.79 Å². The van der Waals surface area contributed by atoms with Gasteiger partial charge in [-0.2, -0.15) is 0 Å². The fourth-order valence-corrected chi connectivity index (χ4v) is 1.70. The first-order chi connectivity index (χ1) is 7.72. The van der Waals surface area contributed by atoms with Crippen molar-refractivity contribution in [3.05, 3.63) is 29.3 Å². The summed E-state index contributed by atoms with van der Waals surface area (Å²) in [6.45, 7) is 0.470. The highest BCUT2D eigenvalue weighted by Gasteiger charge is 2.26. The molecular formula is C11H13NO4. The van der Waals surface area contributed by atoms with E-state index in [1.54, 1.807) is 12.1 Å². The lowest BCUT2D eigenvalue weighted by atomic mass is 10.0. The SMILES string of the molecule is CNC(=O)OC1OCCc2cccc(O)c21. The van der Waals surface area contributed by atoms with Crippen LogP contribution in [0.1, 0.15) is 17.4 Å². The summed E-state index contributed by atoms with van der Waals surface area (Å²) in [6, 6.07) is 5.20. The number of hydrogen-bond acceptors (Lipinski definition) is 4. The van der Waals surface area contributed by atoms with Crippen molar-refractivity contribution in [3.63, 3.8) is 0 Å². The van der Waals surface area contributed by atoms with Gasteiger partial charge in [0.15, 0.2) is 0 Å². The maximum Gasteiger partial charge on any atom is 0.409 e. The van der Waals surface area contributed by atoms with Crippen molar-refractivity contribution < 1.29 is 19.4 Å². The Morgan fingerprint density at radius 3 is 3.19 bits per heavy atom. The quantitative estimate of drug-likeness (QED) is 0.753. The summed E-state index contributed by atoms with van der Waals surface area (Å²) in [7, 11) is 1.47. The third-order valence-corrected chi connectivity index (χ3v) is 2.47. The first-order valence-electron chi connectivity index (χ1n) is 5.03. The normalized spacial score (nSPS) is 18.7. The van der Waals surface area contributed by atoms with Crippen molar-refractivity contribution in [2.45, 2.75) is 12.7 Å². The fraction of sp³-hybridized carbons (Fsp3) is 0.364. The largest absolute Gasteiger partial charge is 0.507 e. The van der Waals surface area contributed by atoms with Crippen LogP contribution in [0.5, 0.6) is 5.75 Å². The lowest BCUT2D eigenvalue weighted by Crippen LogP contribution is -2.26. The van der Waals surface area contributed by atoms with E-state index in [-0.39, 0.29) is 5.75 Å². The predicted molar refractivity (Wildman–Crippen MR) is 56.0 cm³/mol. The number of aromatic hydroxyl groups is 1. The highest BCUT2D eigenvalue weighted by atomic mass is 16.7. The molecule has 1 heterocycles. The summed E-state index contributed by atoms with van der Waals surface area (Å²) in [4.78, 5) is 11.1. The average molecular weight is 223 g/mol. The van der Waals surface area contributed by atoms with E-state index in [1.165, 1.54) is 7.05 Å². The number of fused-ring (bicyclic) bond motifs is 1. The van der Waals surface area contributed by atoms with Crippen molar-refractivity contribution in [3.8, 4) is 5.75 Å². The van der Waals surface area contributed by atoms with E-state index >= 15 is 0 Å². The zero-order valence-corrected chi connectivity index (χ0v) is 8.90. The molecule has 5 nitrogen and oxygen atoms in total. The van der Waals surface area contributed by atoms with Gasteiger partial charge in [-0.1, -0.05) is 12.1 Å². The van der Waals surface area contributed by atoms with Gasteiger partial charge < -0.3 is 19.9 Å². The van der Waals surface area contributed by atoms with Crippen LogP contribution in [0.2, 0.25) is 0 Å². The number of amides is 1. The number of phenolic OH excluding ortho intramolecular Hbond substituents is 1. The Balaban J connectivity index is 2.28. The molecule has 2 rings (SSSR count). The summed E-state index contributed by atoms with van der Waals surface area (Å²) in [5.74, 6) is 0.0890. The van der Waals surface area contributed by atoms with Crippen LogP contribution < -0.4 is 5.32 Å². The Morgan fingerprint density at radius 2 is 2.44 bits per heavy atom. The lowest BCUT2D eigenvalue weighted by Gasteiger charge is -2.26. The molecule has 0 radical (unpaired) electrons. The molecule has 0 saturated carbocycles. The minimum atomic E-state index is -0.829. The number of phenols is 1. The van der Waals surface area contributed by atoms with Crippen molar-refractivity contribution >= 4 is 6.09 Å². The Labute approximate surface area is 93.0 Å². The Morgan fingerprint density at radius 1 is 1.62 bits per heavy atom. The monoisotopic (exact) mass is 223 g/mol. The van der Waals surface area contributed by atoms with E-state index in [4.69, 9.17) is 9.47 Å². The van der Waals surface area contributed by atoms with E-state index in [2.05, 4.69) is 5.32 Å². The summed E-state index contributed by atoms with van der Waals surface area (Å²) in [5, 5.41) is 12.1. The third kappa shape index (κ3) is 1.94. The van der Waals surface area contributed by atoms with Crippen LogP contribution in [-0.2, 0) is 15.9 Å². The number of carbonyl (C=O) groups excluding carboxylic acids is 1. The highest BCUT2D eigenvalue weighted by Crippen LogP contribution is 2.34. The maximum atomic E-state index is 11.1. The second kappa shape index (κ2) is 4.40. The van der Waals surface area contributed by atoms with Gasteiger partial charge in [0.05, 0.1) is 12.2 Å². The molecule has 1 unspecified atom stereocenters. The number of nitrogens with one attached hydrogen (secondary N) is 1. The van der Waals surface area contributed by atoms with Gasteiger partial charge in [-0.05, 0) is 18.1 Å². The van der Waals surface area contributed by atoms with Gasteiger partial charge in [-0.25, -0.2) is 4.79 Å². The number of carbonyl (C=O) groups is 1. The topological polar surface area (TPSA) is 67.8 Å². The molecule has 1 aromatic rings. The first-order valence-corrected chi connectivity index (χ1v) is 5.03. The zero-order valence-electron chi connectivity index (χ0n) is 8.90. The second-order valence-electron chi connectivity index (χ2n) is 3.46. The molecule has 2 N–H and O–H groups in total. The summed E-state index contributed by atoms with van der Waals surface area (Å²) < 4.78 is 10.3. The van der Waals surface area contributed by atoms with Crippen molar-refractivity contribution in [2.24, 2.45) is 0 Å². The van der Waals surface area contributed by atoms with Crippen LogP contribution in [0.25, 0.3) is 0 Å². The number of benzene rings is 1. The maximum absolute atomic E-state index is 11.1. The van der Waals surface area contributed by atoms with Crippen molar-refractivity contribution in [1.82, 2.24) is 5.32 Å². The van der Waals surface area contributed by atoms with E-state index < -0.39 is 12.4 Å². The van der Waals surface area contributed by atoms with E-state index in [0.717, 1.165) is 5.56 Å².